The van der Waals surface area contributed by atoms with E-state index >= 15 is 0 Å². The maximum absolute atomic E-state index is 10.5. The van der Waals surface area contributed by atoms with Gasteiger partial charge in [-0.3, -0.25) is 0 Å². The smallest absolute Gasteiger partial charge is 0.216 e. The second kappa shape index (κ2) is 4.04. The minimum absolute atomic E-state index is 0.0787. The van der Waals surface area contributed by atoms with Gasteiger partial charge in [0.15, 0.2) is 0 Å². The highest BCUT2D eigenvalue weighted by Gasteiger charge is 2.09. The molecule has 0 aliphatic rings. The summed E-state index contributed by atoms with van der Waals surface area (Å²) in [6.45, 7) is 5.85. The number of rotatable bonds is 4. The Balaban J connectivity index is 3.80. The molecule has 0 amide bonds. The van der Waals surface area contributed by atoms with Gasteiger partial charge in [0.2, 0.25) is 0 Å². The molecule has 68 valence electrons. The first-order valence-electron chi connectivity index (χ1n) is 3.61. The van der Waals surface area contributed by atoms with E-state index in [9.17, 15) is 8.42 Å². The Labute approximate surface area is 68.3 Å². The molecule has 1 atom stereocenters. The molecule has 0 fully saturated rings. The van der Waals surface area contributed by atoms with E-state index in [1.165, 1.54) is 0 Å². The van der Waals surface area contributed by atoms with E-state index in [0.29, 0.717) is 5.92 Å². The van der Waals surface area contributed by atoms with Gasteiger partial charge in [-0.15, -0.1) is 0 Å². The number of hydrogen-bond acceptors (Lipinski definition) is 2. The van der Waals surface area contributed by atoms with Crippen molar-refractivity contribution in [3.8, 4) is 0 Å². The van der Waals surface area contributed by atoms with Gasteiger partial charge >= 0.3 is 0 Å². The summed E-state index contributed by atoms with van der Waals surface area (Å²) in [4.78, 5) is 0. The van der Waals surface area contributed by atoms with E-state index in [-0.39, 0.29) is 6.04 Å². The molecule has 0 bridgehead atoms. The lowest BCUT2D eigenvalue weighted by molar-refractivity contribution is 0.483. The Morgan fingerprint density at radius 1 is 1.36 bits per heavy atom. The highest BCUT2D eigenvalue weighted by atomic mass is 32.2. The van der Waals surface area contributed by atoms with Gasteiger partial charge in [-0.25, -0.2) is 5.14 Å². The average Bonchev–Trinajstić information content (AvgIpc) is 1.53. The normalized spacial score (nSPS) is 15.4. The van der Waals surface area contributed by atoms with Crippen LogP contribution in [0.3, 0.4) is 0 Å². The van der Waals surface area contributed by atoms with Gasteiger partial charge in [0, 0.05) is 6.04 Å². The zero-order valence-corrected chi connectivity index (χ0v) is 7.98. The fourth-order valence-corrected chi connectivity index (χ4v) is 1.69. The highest BCUT2D eigenvalue weighted by Crippen LogP contribution is 2.03. The molecule has 4 nitrogen and oxygen atoms in total. The lowest BCUT2D eigenvalue weighted by atomic mass is 10.1. The van der Waals surface area contributed by atoms with Gasteiger partial charge in [-0.1, -0.05) is 13.8 Å². The molecule has 0 radical (unpaired) electrons. The first kappa shape index (κ1) is 10.9. The van der Waals surface area contributed by atoms with Gasteiger partial charge in [0.25, 0.3) is 10.2 Å². The summed E-state index contributed by atoms with van der Waals surface area (Å²) in [5.74, 6) is 0.472. The summed E-state index contributed by atoms with van der Waals surface area (Å²) in [5.41, 5.74) is 0. The maximum atomic E-state index is 10.5. The molecule has 5 heteroatoms. The van der Waals surface area contributed by atoms with E-state index in [1.54, 1.807) is 6.92 Å². The van der Waals surface area contributed by atoms with Gasteiger partial charge in [-0.05, 0) is 19.3 Å². The lowest BCUT2D eigenvalue weighted by Crippen LogP contribution is -2.38. The largest absolute Gasteiger partial charge is 0.274 e. The molecule has 0 saturated heterocycles. The summed E-state index contributed by atoms with van der Waals surface area (Å²) in [5, 5.41) is 4.77. The SMILES string of the molecule is CC(C)CC(C)NS(N)(=O)=O. The summed E-state index contributed by atoms with van der Waals surface area (Å²) in [6, 6.07) is -0.0787. The van der Waals surface area contributed by atoms with Crippen LogP contribution in [0.15, 0.2) is 0 Å². The molecule has 3 N–H and O–H groups in total. The molecule has 0 rings (SSSR count). The van der Waals surface area contributed by atoms with E-state index < -0.39 is 10.2 Å². The molecular weight excluding hydrogens is 164 g/mol. The Hall–Kier alpha value is -0.130. The van der Waals surface area contributed by atoms with E-state index in [2.05, 4.69) is 4.72 Å². The molecule has 0 aliphatic heterocycles. The van der Waals surface area contributed by atoms with Gasteiger partial charge in [0.1, 0.15) is 0 Å². The predicted molar refractivity (Wildman–Crippen MR) is 45.2 cm³/mol. The van der Waals surface area contributed by atoms with Crippen LogP contribution in [0.2, 0.25) is 0 Å². The highest BCUT2D eigenvalue weighted by molar-refractivity contribution is 7.87. The van der Waals surface area contributed by atoms with E-state index in [1.807, 2.05) is 13.8 Å². The van der Waals surface area contributed by atoms with Gasteiger partial charge in [0.05, 0.1) is 0 Å². The monoisotopic (exact) mass is 180 g/mol. The van der Waals surface area contributed by atoms with Crippen LogP contribution in [0.25, 0.3) is 0 Å². The molecule has 0 saturated carbocycles. The second-order valence-electron chi connectivity index (χ2n) is 3.19. The molecule has 0 aromatic heterocycles. The summed E-state index contributed by atoms with van der Waals surface area (Å²) >= 11 is 0. The molecule has 0 aromatic carbocycles. The second-order valence-corrected chi connectivity index (χ2v) is 4.52. The van der Waals surface area contributed by atoms with Gasteiger partial charge < -0.3 is 0 Å². The minimum Gasteiger partial charge on any atom is -0.216 e. The van der Waals surface area contributed by atoms with Crippen molar-refractivity contribution in [2.24, 2.45) is 11.1 Å². The van der Waals surface area contributed by atoms with Crippen LogP contribution in [0, 0.1) is 5.92 Å². The average molecular weight is 180 g/mol. The van der Waals surface area contributed by atoms with Crippen molar-refractivity contribution < 1.29 is 8.42 Å². The first-order valence-corrected chi connectivity index (χ1v) is 5.16. The summed E-state index contributed by atoms with van der Waals surface area (Å²) < 4.78 is 23.3. The van der Waals surface area contributed by atoms with Crippen LogP contribution in [0.5, 0.6) is 0 Å². The van der Waals surface area contributed by atoms with Crippen molar-refractivity contribution in [1.29, 1.82) is 0 Å². The Morgan fingerprint density at radius 2 is 1.82 bits per heavy atom. The molecule has 0 aromatic rings. The lowest BCUT2D eigenvalue weighted by Gasteiger charge is -2.13. The Morgan fingerprint density at radius 3 is 2.09 bits per heavy atom. The van der Waals surface area contributed by atoms with Crippen molar-refractivity contribution in [2.75, 3.05) is 0 Å². The van der Waals surface area contributed by atoms with E-state index in [4.69, 9.17) is 5.14 Å². The zero-order valence-electron chi connectivity index (χ0n) is 7.16. The fourth-order valence-electron chi connectivity index (χ4n) is 1.04. The van der Waals surface area contributed by atoms with Crippen LogP contribution in [-0.4, -0.2) is 14.5 Å². The molecule has 0 heterocycles. The third-order valence-electron chi connectivity index (χ3n) is 1.19. The minimum atomic E-state index is -3.52. The molecule has 0 aliphatic carbocycles. The number of hydrogen-bond donors (Lipinski definition) is 2. The molecular formula is C6H16N2O2S. The zero-order chi connectivity index (χ0) is 9.07. The third kappa shape index (κ3) is 7.77. The summed E-state index contributed by atoms with van der Waals surface area (Å²) in [6.07, 6.45) is 0.802. The number of nitrogens with two attached hydrogens (primary N) is 1. The third-order valence-corrected chi connectivity index (χ3v) is 1.92. The molecule has 0 spiro atoms. The quantitative estimate of drug-likeness (QED) is 0.649. The van der Waals surface area contributed by atoms with Crippen molar-refractivity contribution >= 4 is 10.2 Å². The van der Waals surface area contributed by atoms with Crippen LogP contribution in [0.4, 0.5) is 0 Å². The van der Waals surface area contributed by atoms with Crippen molar-refractivity contribution in [3.63, 3.8) is 0 Å². The first-order chi connectivity index (χ1) is 4.81. The summed E-state index contributed by atoms with van der Waals surface area (Å²) in [7, 11) is -3.52. The maximum Gasteiger partial charge on any atom is 0.274 e. The van der Waals surface area contributed by atoms with Crippen molar-refractivity contribution in [3.05, 3.63) is 0 Å². The molecule has 1 unspecified atom stereocenters. The topological polar surface area (TPSA) is 72.2 Å². The fraction of sp³-hybridized carbons (Fsp3) is 1.00. The van der Waals surface area contributed by atoms with Crippen molar-refractivity contribution in [1.82, 2.24) is 4.72 Å². The van der Waals surface area contributed by atoms with Crippen LogP contribution < -0.4 is 9.86 Å². The molecule has 11 heavy (non-hydrogen) atoms. The Bertz CT molecular complexity index is 199. The predicted octanol–water partition coefficient (Wildman–Crippen LogP) is 0.214. The van der Waals surface area contributed by atoms with E-state index in [0.717, 1.165) is 6.42 Å². The number of nitrogens with one attached hydrogen (secondary N) is 1. The van der Waals surface area contributed by atoms with Crippen LogP contribution >= 0.6 is 0 Å². The van der Waals surface area contributed by atoms with Crippen LogP contribution in [0.1, 0.15) is 27.2 Å². The van der Waals surface area contributed by atoms with Crippen LogP contribution in [-0.2, 0) is 10.2 Å². The van der Waals surface area contributed by atoms with Crippen molar-refractivity contribution in [2.45, 2.75) is 33.2 Å². The Kier molecular flexibility index (Phi) is 3.99. The standard InChI is InChI=1S/C6H16N2O2S/c1-5(2)4-6(3)8-11(7,9)10/h5-6,8H,4H2,1-3H3,(H2,7,9,10). The van der Waals surface area contributed by atoms with Gasteiger partial charge in [-0.2, -0.15) is 13.1 Å².